The highest BCUT2D eigenvalue weighted by Crippen LogP contribution is 2.18. The zero-order valence-corrected chi connectivity index (χ0v) is 15.6. The van der Waals surface area contributed by atoms with Crippen molar-refractivity contribution in [2.75, 3.05) is 26.7 Å². The molecule has 0 aliphatic carbocycles. The van der Waals surface area contributed by atoms with Gasteiger partial charge in [-0.2, -0.15) is 0 Å². The van der Waals surface area contributed by atoms with Gasteiger partial charge in [0.25, 0.3) is 0 Å². The molecule has 7 nitrogen and oxygen atoms in total. The number of esters is 1. The van der Waals surface area contributed by atoms with Crippen molar-refractivity contribution in [3.05, 3.63) is 24.3 Å². The molecule has 1 fully saturated rings. The Hall–Kier alpha value is -1.21. The number of benzene rings is 1. The molecule has 1 aromatic rings. The quantitative estimate of drug-likeness (QED) is 0.570. The van der Waals surface area contributed by atoms with Gasteiger partial charge in [0.05, 0.1) is 21.5 Å². The largest absolute Gasteiger partial charge is 0.480 e. The molecule has 0 radical (unpaired) electrons. The smallest absolute Gasteiger partial charge is 0.324 e. The standard InChI is InChI=1S/C15H23N2O5PS/c1-21-15(18)14(17-9-3-2-4-10-17)11-16-24(19,20)13-7-5-12(22-23)6-8-13/h5-8,14,16H,2-4,9-11,23H2,1H3. The second kappa shape index (κ2) is 8.76. The average Bonchev–Trinajstić information content (AvgIpc) is 2.62. The fraction of sp³-hybridized carbons (Fsp3) is 0.533. The summed E-state index contributed by atoms with van der Waals surface area (Å²) in [6.45, 7) is 1.51. The maximum Gasteiger partial charge on any atom is 0.324 e. The van der Waals surface area contributed by atoms with Crippen molar-refractivity contribution in [3.8, 4) is 5.75 Å². The Morgan fingerprint density at radius 3 is 2.42 bits per heavy atom. The third-order valence-electron chi connectivity index (χ3n) is 4.04. The average molecular weight is 374 g/mol. The van der Waals surface area contributed by atoms with Gasteiger partial charge >= 0.3 is 5.97 Å². The summed E-state index contributed by atoms with van der Waals surface area (Å²) in [5, 5.41) is 0. The molecule has 2 atom stereocenters. The maximum absolute atomic E-state index is 12.4. The number of methoxy groups -OCH3 is 1. The van der Waals surface area contributed by atoms with Crippen LogP contribution in [0.2, 0.25) is 0 Å². The van der Waals surface area contributed by atoms with Crippen LogP contribution >= 0.6 is 9.47 Å². The summed E-state index contributed by atoms with van der Waals surface area (Å²) in [4.78, 5) is 14.1. The van der Waals surface area contributed by atoms with Crippen molar-refractivity contribution < 1.29 is 22.5 Å². The Kier molecular flexibility index (Phi) is 6.98. The molecule has 9 heteroatoms. The van der Waals surface area contributed by atoms with Crippen molar-refractivity contribution >= 4 is 25.5 Å². The van der Waals surface area contributed by atoms with Gasteiger partial charge in [0.15, 0.2) is 0 Å². The van der Waals surface area contributed by atoms with Crippen molar-refractivity contribution in [2.45, 2.75) is 30.2 Å². The molecule has 0 saturated carbocycles. The minimum atomic E-state index is -3.71. The first kappa shape index (κ1) is 19.1. The number of nitrogens with one attached hydrogen (secondary N) is 1. The van der Waals surface area contributed by atoms with Gasteiger partial charge in [-0.1, -0.05) is 6.42 Å². The first-order valence-electron chi connectivity index (χ1n) is 7.76. The Morgan fingerprint density at radius 1 is 1.25 bits per heavy atom. The molecular weight excluding hydrogens is 351 g/mol. The Morgan fingerprint density at radius 2 is 1.88 bits per heavy atom. The van der Waals surface area contributed by atoms with Gasteiger partial charge in [-0.15, -0.1) is 0 Å². The summed E-state index contributed by atoms with van der Waals surface area (Å²) in [7, 11) is -0.294. The van der Waals surface area contributed by atoms with Crippen LogP contribution in [0.4, 0.5) is 0 Å². The van der Waals surface area contributed by atoms with Crippen LogP contribution in [0, 0.1) is 0 Å². The van der Waals surface area contributed by atoms with Gasteiger partial charge in [0.2, 0.25) is 10.0 Å². The molecule has 1 saturated heterocycles. The first-order chi connectivity index (χ1) is 11.5. The van der Waals surface area contributed by atoms with Gasteiger partial charge < -0.3 is 9.26 Å². The molecule has 0 spiro atoms. The molecule has 1 N–H and O–H groups in total. The highest BCUT2D eigenvalue weighted by molar-refractivity contribution is 7.89. The van der Waals surface area contributed by atoms with Crippen LogP contribution in [0.15, 0.2) is 29.2 Å². The minimum Gasteiger partial charge on any atom is -0.480 e. The summed E-state index contributed by atoms with van der Waals surface area (Å²) in [5.41, 5.74) is 0. The monoisotopic (exact) mass is 374 g/mol. The van der Waals surface area contributed by atoms with Gasteiger partial charge in [-0.3, -0.25) is 9.69 Å². The summed E-state index contributed by atoms with van der Waals surface area (Å²) in [6.07, 6.45) is 3.12. The number of likely N-dealkylation sites (tertiary alicyclic amines) is 1. The van der Waals surface area contributed by atoms with E-state index in [1.54, 1.807) is 12.1 Å². The van der Waals surface area contributed by atoms with Crippen LogP contribution in [0.1, 0.15) is 19.3 Å². The lowest BCUT2D eigenvalue weighted by molar-refractivity contribution is -0.147. The number of piperidine rings is 1. The summed E-state index contributed by atoms with van der Waals surface area (Å²) in [6, 6.07) is 5.42. The van der Waals surface area contributed by atoms with Gasteiger partial charge in [-0.05, 0) is 50.2 Å². The summed E-state index contributed by atoms with van der Waals surface area (Å²) >= 11 is 0. The number of ether oxygens (including phenoxy) is 1. The van der Waals surface area contributed by atoms with Gasteiger partial charge in [0, 0.05) is 6.54 Å². The topological polar surface area (TPSA) is 84.9 Å². The number of nitrogens with zero attached hydrogens (tertiary/aromatic N) is 1. The van der Waals surface area contributed by atoms with Crippen LogP contribution in [0.25, 0.3) is 0 Å². The molecule has 1 aliphatic rings. The van der Waals surface area contributed by atoms with Crippen molar-refractivity contribution in [1.82, 2.24) is 9.62 Å². The van der Waals surface area contributed by atoms with E-state index in [2.05, 4.69) is 14.2 Å². The van der Waals surface area contributed by atoms with E-state index < -0.39 is 22.0 Å². The lowest BCUT2D eigenvalue weighted by Crippen LogP contribution is -2.50. The molecule has 1 aromatic carbocycles. The van der Waals surface area contributed by atoms with Crippen molar-refractivity contribution in [3.63, 3.8) is 0 Å². The number of carbonyl (C=O) groups is 1. The van der Waals surface area contributed by atoms with Crippen LogP contribution in [-0.2, 0) is 19.6 Å². The molecule has 0 bridgehead atoms. The number of hydrogen-bond acceptors (Lipinski definition) is 6. The van der Waals surface area contributed by atoms with Crippen LogP contribution < -0.4 is 9.25 Å². The zero-order chi connectivity index (χ0) is 17.6. The number of hydrogen-bond donors (Lipinski definition) is 1. The lowest BCUT2D eigenvalue weighted by Gasteiger charge is -2.32. The van der Waals surface area contributed by atoms with E-state index in [1.807, 2.05) is 4.90 Å². The third kappa shape index (κ3) is 4.89. The fourth-order valence-corrected chi connectivity index (χ4v) is 3.89. The third-order valence-corrected chi connectivity index (χ3v) is 5.75. The Labute approximate surface area is 145 Å². The van der Waals surface area contributed by atoms with E-state index in [1.165, 1.54) is 19.2 Å². The zero-order valence-electron chi connectivity index (χ0n) is 13.6. The van der Waals surface area contributed by atoms with Gasteiger partial charge in [0.1, 0.15) is 11.8 Å². The normalized spacial score (nSPS) is 17.2. The van der Waals surface area contributed by atoms with E-state index >= 15 is 0 Å². The van der Waals surface area contributed by atoms with Crippen LogP contribution in [-0.4, -0.2) is 52.1 Å². The SMILES string of the molecule is COC(=O)C(CNS(=O)(=O)c1ccc(OP)cc1)N1CCCCC1. The number of rotatable bonds is 7. The highest BCUT2D eigenvalue weighted by atomic mass is 32.2. The highest BCUT2D eigenvalue weighted by Gasteiger charge is 2.29. The van der Waals surface area contributed by atoms with Crippen LogP contribution in [0.3, 0.4) is 0 Å². The molecule has 0 aromatic heterocycles. The predicted molar refractivity (Wildman–Crippen MR) is 93.2 cm³/mol. The van der Waals surface area contributed by atoms with Crippen molar-refractivity contribution in [2.24, 2.45) is 0 Å². The minimum absolute atomic E-state index is 0.0170. The molecule has 1 aliphatic heterocycles. The molecule has 24 heavy (non-hydrogen) atoms. The predicted octanol–water partition coefficient (Wildman–Crippen LogP) is 1.16. The maximum atomic E-state index is 12.4. The molecule has 134 valence electrons. The fourth-order valence-electron chi connectivity index (χ4n) is 2.70. The van der Waals surface area contributed by atoms with Gasteiger partial charge in [-0.25, -0.2) is 13.1 Å². The summed E-state index contributed by atoms with van der Waals surface area (Å²) in [5.74, 6) is 0.117. The number of sulfonamides is 1. The molecule has 0 amide bonds. The van der Waals surface area contributed by atoms with E-state index in [0.29, 0.717) is 5.75 Å². The second-order valence-electron chi connectivity index (χ2n) is 5.58. The molecular formula is C15H23N2O5PS. The summed E-state index contributed by atoms with van der Waals surface area (Å²) < 4.78 is 37.1. The van der Waals surface area contributed by atoms with E-state index in [0.717, 1.165) is 32.4 Å². The second-order valence-corrected chi connectivity index (χ2v) is 7.58. The van der Waals surface area contributed by atoms with Crippen molar-refractivity contribution in [1.29, 1.82) is 0 Å². The Bertz CT molecular complexity index is 644. The van der Waals surface area contributed by atoms with Crippen LogP contribution in [0.5, 0.6) is 5.75 Å². The van der Waals surface area contributed by atoms with E-state index in [-0.39, 0.29) is 11.4 Å². The lowest BCUT2D eigenvalue weighted by atomic mass is 10.1. The molecule has 1 heterocycles. The molecule has 2 rings (SSSR count). The van der Waals surface area contributed by atoms with E-state index in [9.17, 15) is 13.2 Å². The molecule has 2 unspecified atom stereocenters. The first-order valence-corrected chi connectivity index (χ1v) is 9.71. The van der Waals surface area contributed by atoms with E-state index in [4.69, 9.17) is 9.26 Å². The Balaban J connectivity index is 2.07. The number of carbonyl (C=O) groups excluding carboxylic acids is 1.